The number of rotatable bonds is 3. The average molecular weight is 305 g/mol. The first-order valence-electron chi connectivity index (χ1n) is 6.15. The summed E-state index contributed by atoms with van der Waals surface area (Å²) in [6.07, 6.45) is 4.53. The van der Waals surface area contributed by atoms with Crippen LogP contribution in [0.4, 0.5) is 10.1 Å². The third kappa shape index (κ3) is 3.17. The molecule has 0 spiro atoms. The van der Waals surface area contributed by atoms with E-state index in [1.807, 2.05) is 0 Å². The Kier molecular flexibility index (Phi) is 3.53. The van der Waals surface area contributed by atoms with E-state index in [0.29, 0.717) is 22.2 Å². The van der Waals surface area contributed by atoms with Crippen molar-refractivity contribution < 1.29 is 9.18 Å². The number of halogens is 2. The van der Waals surface area contributed by atoms with Gasteiger partial charge in [0, 0.05) is 24.3 Å². The SMILES string of the molecule is O=C(Cc1cn2cc(F)ccc2n1)Nc1ccnc(Cl)c1. The lowest BCUT2D eigenvalue weighted by Gasteiger charge is -2.03. The summed E-state index contributed by atoms with van der Waals surface area (Å²) >= 11 is 5.74. The molecule has 1 amide bonds. The number of aromatic nitrogens is 3. The topological polar surface area (TPSA) is 59.3 Å². The molecule has 0 aliphatic carbocycles. The molecule has 0 bridgehead atoms. The van der Waals surface area contributed by atoms with Gasteiger partial charge in [-0.15, -0.1) is 0 Å². The second kappa shape index (κ2) is 5.49. The minimum Gasteiger partial charge on any atom is -0.326 e. The molecule has 3 aromatic rings. The lowest BCUT2D eigenvalue weighted by molar-refractivity contribution is -0.115. The van der Waals surface area contributed by atoms with Crippen molar-refractivity contribution in [3.05, 3.63) is 59.5 Å². The molecule has 3 aromatic heterocycles. The molecule has 0 fully saturated rings. The third-order valence-electron chi connectivity index (χ3n) is 2.82. The van der Waals surface area contributed by atoms with Crippen LogP contribution in [0.25, 0.3) is 5.65 Å². The summed E-state index contributed by atoms with van der Waals surface area (Å²) in [5, 5.41) is 3.00. The molecule has 106 valence electrons. The second-order valence-corrected chi connectivity index (χ2v) is 4.82. The van der Waals surface area contributed by atoms with Crippen LogP contribution in [0.2, 0.25) is 5.15 Å². The molecular formula is C14H10ClFN4O. The predicted octanol–water partition coefficient (Wildman–Crippen LogP) is 2.70. The van der Waals surface area contributed by atoms with Gasteiger partial charge in [0.1, 0.15) is 16.6 Å². The molecule has 3 heterocycles. The lowest BCUT2D eigenvalue weighted by Crippen LogP contribution is -2.14. The van der Waals surface area contributed by atoms with Crippen LogP contribution < -0.4 is 5.32 Å². The van der Waals surface area contributed by atoms with Crippen molar-refractivity contribution in [2.75, 3.05) is 5.32 Å². The molecule has 0 aromatic carbocycles. The van der Waals surface area contributed by atoms with Crippen molar-refractivity contribution in [3.8, 4) is 0 Å². The normalized spacial score (nSPS) is 10.8. The van der Waals surface area contributed by atoms with E-state index in [9.17, 15) is 9.18 Å². The number of nitrogens with one attached hydrogen (secondary N) is 1. The maximum absolute atomic E-state index is 13.1. The zero-order valence-corrected chi connectivity index (χ0v) is 11.5. The van der Waals surface area contributed by atoms with E-state index in [1.165, 1.54) is 18.5 Å². The molecule has 0 saturated heterocycles. The number of carbonyl (C=O) groups excluding carboxylic acids is 1. The van der Waals surface area contributed by atoms with E-state index < -0.39 is 0 Å². The molecule has 5 nitrogen and oxygen atoms in total. The summed E-state index contributed by atoms with van der Waals surface area (Å²) in [6.45, 7) is 0. The number of amides is 1. The van der Waals surface area contributed by atoms with Gasteiger partial charge in [0.15, 0.2) is 0 Å². The number of nitrogens with zero attached hydrogens (tertiary/aromatic N) is 3. The molecular weight excluding hydrogens is 295 g/mol. The van der Waals surface area contributed by atoms with Crippen molar-refractivity contribution in [1.29, 1.82) is 0 Å². The highest BCUT2D eigenvalue weighted by Gasteiger charge is 2.09. The maximum Gasteiger partial charge on any atom is 0.230 e. The van der Waals surface area contributed by atoms with E-state index >= 15 is 0 Å². The standard InChI is InChI=1S/C14H10ClFN4O/c15-12-5-10(3-4-17-12)19-14(21)6-11-8-20-7-9(16)1-2-13(20)18-11/h1-5,7-8H,6H2,(H,17,19,21). The Bertz CT molecular complexity index is 818. The van der Waals surface area contributed by atoms with Gasteiger partial charge in [0.25, 0.3) is 0 Å². The van der Waals surface area contributed by atoms with Gasteiger partial charge in [-0.05, 0) is 24.3 Å². The minimum atomic E-state index is -0.359. The van der Waals surface area contributed by atoms with Gasteiger partial charge in [-0.2, -0.15) is 0 Å². The Balaban J connectivity index is 1.74. The predicted molar refractivity (Wildman–Crippen MR) is 76.7 cm³/mol. The highest BCUT2D eigenvalue weighted by atomic mass is 35.5. The minimum absolute atomic E-state index is 0.0865. The molecule has 21 heavy (non-hydrogen) atoms. The highest BCUT2D eigenvalue weighted by Crippen LogP contribution is 2.13. The van der Waals surface area contributed by atoms with Gasteiger partial charge >= 0.3 is 0 Å². The quantitative estimate of drug-likeness (QED) is 0.757. The van der Waals surface area contributed by atoms with Crippen molar-refractivity contribution in [3.63, 3.8) is 0 Å². The summed E-state index contributed by atoms with van der Waals surface area (Å²) in [4.78, 5) is 20.0. The van der Waals surface area contributed by atoms with E-state index in [2.05, 4.69) is 15.3 Å². The first-order valence-corrected chi connectivity index (χ1v) is 6.52. The number of anilines is 1. The Labute approximate surface area is 124 Å². The fourth-order valence-electron chi connectivity index (χ4n) is 1.95. The number of hydrogen-bond acceptors (Lipinski definition) is 3. The van der Waals surface area contributed by atoms with E-state index in [1.54, 1.807) is 28.8 Å². The molecule has 0 unspecified atom stereocenters. The van der Waals surface area contributed by atoms with Gasteiger partial charge in [-0.25, -0.2) is 14.4 Å². The summed E-state index contributed by atoms with van der Waals surface area (Å²) < 4.78 is 14.6. The maximum atomic E-state index is 13.1. The first kappa shape index (κ1) is 13.5. The highest BCUT2D eigenvalue weighted by molar-refractivity contribution is 6.29. The monoisotopic (exact) mass is 304 g/mol. The Hall–Kier alpha value is -2.47. The zero-order chi connectivity index (χ0) is 14.8. The van der Waals surface area contributed by atoms with E-state index in [-0.39, 0.29) is 18.1 Å². The van der Waals surface area contributed by atoms with Crippen molar-refractivity contribution >= 4 is 28.8 Å². The van der Waals surface area contributed by atoms with Crippen molar-refractivity contribution in [1.82, 2.24) is 14.4 Å². The molecule has 1 N–H and O–H groups in total. The molecule has 0 aliphatic rings. The van der Waals surface area contributed by atoms with Gasteiger partial charge in [-0.3, -0.25) is 4.79 Å². The Morgan fingerprint density at radius 3 is 3.00 bits per heavy atom. The number of fused-ring (bicyclic) bond motifs is 1. The van der Waals surface area contributed by atoms with Crippen LogP contribution in [0, 0.1) is 5.82 Å². The summed E-state index contributed by atoms with van der Waals surface area (Å²) in [6, 6.07) is 6.08. The van der Waals surface area contributed by atoms with Crippen LogP contribution in [-0.2, 0) is 11.2 Å². The molecule has 3 rings (SSSR count). The fraction of sp³-hybridized carbons (Fsp3) is 0.0714. The number of imidazole rings is 1. The Morgan fingerprint density at radius 2 is 2.19 bits per heavy atom. The molecule has 7 heteroatoms. The van der Waals surface area contributed by atoms with Crippen LogP contribution in [0.15, 0.2) is 42.9 Å². The third-order valence-corrected chi connectivity index (χ3v) is 3.02. The van der Waals surface area contributed by atoms with Gasteiger partial charge in [-0.1, -0.05) is 11.6 Å². The van der Waals surface area contributed by atoms with E-state index in [4.69, 9.17) is 11.6 Å². The molecule has 0 saturated carbocycles. The van der Waals surface area contributed by atoms with Crippen LogP contribution in [0.3, 0.4) is 0 Å². The number of carbonyl (C=O) groups is 1. The summed E-state index contributed by atoms with van der Waals surface area (Å²) in [5.41, 5.74) is 1.71. The number of pyridine rings is 2. The van der Waals surface area contributed by atoms with Crippen molar-refractivity contribution in [2.45, 2.75) is 6.42 Å². The van der Waals surface area contributed by atoms with E-state index in [0.717, 1.165) is 0 Å². The zero-order valence-electron chi connectivity index (χ0n) is 10.8. The lowest BCUT2D eigenvalue weighted by atomic mass is 10.3. The van der Waals surface area contributed by atoms with Crippen molar-refractivity contribution in [2.24, 2.45) is 0 Å². The van der Waals surface area contributed by atoms with Gasteiger partial charge < -0.3 is 9.72 Å². The van der Waals surface area contributed by atoms with Gasteiger partial charge in [0.05, 0.1) is 12.1 Å². The average Bonchev–Trinajstić information content (AvgIpc) is 2.79. The number of hydrogen-bond donors (Lipinski definition) is 1. The van der Waals surface area contributed by atoms with Gasteiger partial charge in [0.2, 0.25) is 5.91 Å². The largest absolute Gasteiger partial charge is 0.326 e. The van der Waals surface area contributed by atoms with Crippen LogP contribution >= 0.6 is 11.6 Å². The second-order valence-electron chi connectivity index (χ2n) is 4.44. The summed E-state index contributed by atoms with van der Waals surface area (Å²) in [7, 11) is 0. The molecule has 0 atom stereocenters. The fourth-order valence-corrected chi connectivity index (χ4v) is 2.13. The smallest absolute Gasteiger partial charge is 0.230 e. The first-order chi connectivity index (χ1) is 10.1. The molecule has 0 radical (unpaired) electrons. The summed E-state index contributed by atoms with van der Waals surface area (Å²) in [5.74, 6) is -0.594. The van der Waals surface area contributed by atoms with Crippen LogP contribution in [-0.4, -0.2) is 20.3 Å². The van der Waals surface area contributed by atoms with Crippen LogP contribution in [0.1, 0.15) is 5.69 Å². The molecule has 0 aliphatic heterocycles. The Morgan fingerprint density at radius 1 is 1.33 bits per heavy atom. The van der Waals surface area contributed by atoms with Crippen LogP contribution in [0.5, 0.6) is 0 Å².